The third kappa shape index (κ3) is 3.82. The van der Waals surface area contributed by atoms with Crippen molar-refractivity contribution in [3.05, 3.63) is 41.7 Å². The molecule has 2 rings (SSSR count). The molecule has 1 atom stereocenters. The minimum atomic E-state index is 0.109. The Hall–Kier alpha value is -1.88. The number of methoxy groups -OCH3 is 1. The Bertz CT molecular complexity index is 535. The summed E-state index contributed by atoms with van der Waals surface area (Å²) in [7, 11) is 1.68. The Morgan fingerprint density at radius 2 is 1.95 bits per heavy atom. The van der Waals surface area contributed by atoms with Crippen molar-refractivity contribution in [1.29, 1.82) is 0 Å². The van der Waals surface area contributed by atoms with E-state index in [2.05, 4.69) is 41.6 Å². The molecular formula is C16H24N4O. The summed E-state index contributed by atoms with van der Waals surface area (Å²) in [6.45, 7) is 6.15. The molecule has 2 aromatic rings. The molecule has 0 aliphatic carbocycles. The Morgan fingerprint density at radius 3 is 2.57 bits per heavy atom. The van der Waals surface area contributed by atoms with Crippen LogP contribution in [0.3, 0.4) is 0 Å². The molecule has 0 spiro atoms. The van der Waals surface area contributed by atoms with E-state index in [0.717, 1.165) is 37.4 Å². The van der Waals surface area contributed by atoms with E-state index in [9.17, 15) is 0 Å². The van der Waals surface area contributed by atoms with Crippen molar-refractivity contribution in [3.63, 3.8) is 0 Å². The smallest absolute Gasteiger partial charge is 0.118 e. The van der Waals surface area contributed by atoms with E-state index in [0.29, 0.717) is 0 Å². The van der Waals surface area contributed by atoms with Gasteiger partial charge in [-0.25, -0.2) is 4.68 Å². The number of nitrogens with one attached hydrogen (secondary N) is 1. The highest BCUT2D eigenvalue weighted by Crippen LogP contribution is 2.23. The van der Waals surface area contributed by atoms with Crippen LogP contribution < -0.4 is 10.1 Å². The van der Waals surface area contributed by atoms with Gasteiger partial charge in [-0.2, -0.15) is 0 Å². The standard InChI is InChI=1S/C16H24N4O/c1-4-10-17-16(13-6-8-14(21-3)9-7-13)15-12-18-19-20(15)11-5-2/h6-9,12,16-17H,4-5,10-11H2,1-3H3. The summed E-state index contributed by atoms with van der Waals surface area (Å²) in [6, 6.07) is 8.27. The lowest BCUT2D eigenvalue weighted by Crippen LogP contribution is -2.26. The first-order valence-electron chi connectivity index (χ1n) is 7.55. The van der Waals surface area contributed by atoms with Gasteiger partial charge in [0.05, 0.1) is 25.0 Å². The molecular weight excluding hydrogens is 264 g/mol. The number of aryl methyl sites for hydroxylation is 1. The zero-order chi connectivity index (χ0) is 15.1. The van der Waals surface area contributed by atoms with Crippen molar-refractivity contribution in [1.82, 2.24) is 20.3 Å². The van der Waals surface area contributed by atoms with Crippen LogP contribution in [0.15, 0.2) is 30.5 Å². The quantitative estimate of drug-likeness (QED) is 0.811. The number of benzene rings is 1. The summed E-state index contributed by atoms with van der Waals surface area (Å²) in [4.78, 5) is 0. The van der Waals surface area contributed by atoms with Gasteiger partial charge in [-0.05, 0) is 37.1 Å². The first-order chi connectivity index (χ1) is 10.3. The summed E-state index contributed by atoms with van der Waals surface area (Å²) < 4.78 is 7.22. The van der Waals surface area contributed by atoms with Crippen molar-refractivity contribution in [3.8, 4) is 5.75 Å². The predicted octanol–water partition coefficient (Wildman–Crippen LogP) is 2.79. The van der Waals surface area contributed by atoms with Gasteiger partial charge in [0.1, 0.15) is 5.75 Å². The summed E-state index contributed by atoms with van der Waals surface area (Å²) >= 11 is 0. The minimum absolute atomic E-state index is 0.109. The molecule has 0 aliphatic heterocycles. The highest BCUT2D eigenvalue weighted by molar-refractivity contribution is 5.32. The van der Waals surface area contributed by atoms with E-state index >= 15 is 0 Å². The van der Waals surface area contributed by atoms with Crippen molar-refractivity contribution in [2.45, 2.75) is 39.3 Å². The van der Waals surface area contributed by atoms with Crippen LogP contribution in [-0.2, 0) is 6.54 Å². The van der Waals surface area contributed by atoms with Gasteiger partial charge < -0.3 is 10.1 Å². The molecule has 0 amide bonds. The third-order valence-corrected chi connectivity index (χ3v) is 3.43. The Balaban J connectivity index is 2.29. The summed E-state index contributed by atoms with van der Waals surface area (Å²) in [6.07, 6.45) is 3.98. The zero-order valence-electron chi connectivity index (χ0n) is 13.0. The fourth-order valence-corrected chi connectivity index (χ4v) is 2.35. The average molecular weight is 288 g/mol. The second kappa shape index (κ2) is 7.78. The second-order valence-corrected chi connectivity index (χ2v) is 5.04. The largest absolute Gasteiger partial charge is 0.497 e. The van der Waals surface area contributed by atoms with Crippen molar-refractivity contribution < 1.29 is 4.74 Å². The highest BCUT2D eigenvalue weighted by Gasteiger charge is 2.18. The number of ether oxygens (including phenoxy) is 1. The number of rotatable bonds is 8. The van der Waals surface area contributed by atoms with Gasteiger partial charge in [-0.3, -0.25) is 0 Å². The normalized spacial score (nSPS) is 12.3. The summed E-state index contributed by atoms with van der Waals surface area (Å²) in [5.74, 6) is 0.869. The van der Waals surface area contributed by atoms with Crippen LogP contribution >= 0.6 is 0 Å². The SMILES string of the molecule is CCCNC(c1ccc(OC)cc1)c1cnnn1CCC. The van der Waals surface area contributed by atoms with E-state index in [1.165, 1.54) is 5.56 Å². The molecule has 21 heavy (non-hydrogen) atoms. The highest BCUT2D eigenvalue weighted by atomic mass is 16.5. The molecule has 0 aliphatic rings. The van der Waals surface area contributed by atoms with Gasteiger partial charge in [0.15, 0.2) is 0 Å². The number of aromatic nitrogens is 3. The summed E-state index contributed by atoms with van der Waals surface area (Å²) in [5, 5.41) is 11.9. The Morgan fingerprint density at radius 1 is 1.19 bits per heavy atom. The van der Waals surface area contributed by atoms with E-state index in [-0.39, 0.29) is 6.04 Å². The van der Waals surface area contributed by atoms with Crippen molar-refractivity contribution >= 4 is 0 Å². The second-order valence-electron chi connectivity index (χ2n) is 5.04. The molecule has 114 valence electrons. The van der Waals surface area contributed by atoms with Crippen LogP contribution in [0.1, 0.15) is 44.0 Å². The third-order valence-electron chi connectivity index (χ3n) is 3.43. The molecule has 0 saturated heterocycles. The molecule has 1 aromatic heterocycles. The van der Waals surface area contributed by atoms with Gasteiger partial charge in [0.25, 0.3) is 0 Å². The average Bonchev–Trinajstić information content (AvgIpc) is 2.97. The molecule has 0 saturated carbocycles. The van der Waals surface area contributed by atoms with Crippen LogP contribution in [0.4, 0.5) is 0 Å². The van der Waals surface area contributed by atoms with E-state index < -0.39 is 0 Å². The fraction of sp³-hybridized carbons (Fsp3) is 0.500. The fourth-order valence-electron chi connectivity index (χ4n) is 2.35. The topological polar surface area (TPSA) is 52.0 Å². The van der Waals surface area contributed by atoms with Gasteiger partial charge in [0, 0.05) is 6.54 Å². The van der Waals surface area contributed by atoms with Crippen LogP contribution in [-0.4, -0.2) is 28.6 Å². The monoisotopic (exact) mass is 288 g/mol. The van der Waals surface area contributed by atoms with Crippen LogP contribution in [0.5, 0.6) is 5.75 Å². The maximum absolute atomic E-state index is 5.23. The van der Waals surface area contributed by atoms with Gasteiger partial charge in [-0.1, -0.05) is 31.2 Å². The minimum Gasteiger partial charge on any atom is -0.497 e. The molecule has 1 aromatic carbocycles. The van der Waals surface area contributed by atoms with E-state index in [1.807, 2.05) is 23.0 Å². The van der Waals surface area contributed by atoms with Gasteiger partial charge in [-0.15, -0.1) is 5.10 Å². The van der Waals surface area contributed by atoms with Crippen LogP contribution in [0.25, 0.3) is 0 Å². The Kier molecular flexibility index (Phi) is 5.75. The first kappa shape index (κ1) is 15.5. The number of hydrogen-bond acceptors (Lipinski definition) is 4. The lowest BCUT2D eigenvalue weighted by atomic mass is 10.0. The molecule has 5 heteroatoms. The molecule has 5 nitrogen and oxygen atoms in total. The predicted molar refractivity (Wildman–Crippen MR) is 83.4 cm³/mol. The van der Waals surface area contributed by atoms with Crippen LogP contribution in [0.2, 0.25) is 0 Å². The Labute approximate surface area is 126 Å². The van der Waals surface area contributed by atoms with Crippen molar-refractivity contribution in [2.75, 3.05) is 13.7 Å². The zero-order valence-corrected chi connectivity index (χ0v) is 13.0. The van der Waals surface area contributed by atoms with E-state index in [4.69, 9.17) is 4.74 Å². The molecule has 1 heterocycles. The van der Waals surface area contributed by atoms with Crippen LogP contribution in [0, 0.1) is 0 Å². The molecule has 1 unspecified atom stereocenters. The molecule has 1 N–H and O–H groups in total. The maximum Gasteiger partial charge on any atom is 0.118 e. The summed E-state index contributed by atoms with van der Waals surface area (Å²) in [5.41, 5.74) is 2.30. The molecule has 0 bridgehead atoms. The molecule has 0 fully saturated rings. The van der Waals surface area contributed by atoms with Gasteiger partial charge >= 0.3 is 0 Å². The maximum atomic E-state index is 5.23. The van der Waals surface area contributed by atoms with Crippen molar-refractivity contribution in [2.24, 2.45) is 0 Å². The van der Waals surface area contributed by atoms with Gasteiger partial charge in [0.2, 0.25) is 0 Å². The molecule has 0 radical (unpaired) electrons. The van der Waals surface area contributed by atoms with E-state index in [1.54, 1.807) is 7.11 Å². The first-order valence-corrected chi connectivity index (χ1v) is 7.55. The number of nitrogens with zero attached hydrogens (tertiary/aromatic N) is 3. The lowest BCUT2D eigenvalue weighted by molar-refractivity contribution is 0.414. The lowest BCUT2D eigenvalue weighted by Gasteiger charge is -2.20. The number of hydrogen-bond donors (Lipinski definition) is 1.